The molecule has 1 nitrogen and oxygen atoms in total. The highest BCUT2D eigenvalue weighted by Gasteiger charge is 2.04. The highest BCUT2D eigenvalue weighted by Crippen LogP contribution is 2.11. The monoisotopic (exact) mass is 422 g/mol. The Hall–Kier alpha value is -3.05. The molecule has 0 N–H and O–H groups in total. The molecule has 1 heterocycles. The van der Waals surface area contributed by atoms with E-state index < -0.39 is 17.5 Å². The molecular weight excluding hydrogens is 404 g/mol. The maximum atomic E-state index is 12.2. The van der Waals surface area contributed by atoms with Crippen molar-refractivity contribution in [3.63, 3.8) is 0 Å². The molecule has 0 aliphatic heterocycles. The second-order valence-corrected chi connectivity index (χ2v) is 5.80. The molecule has 0 aliphatic rings. The molecule has 4 rings (SSSR count). The van der Waals surface area contributed by atoms with Crippen molar-refractivity contribution in [1.29, 1.82) is 0 Å². The number of hydrogen-bond donors (Lipinski definition) is 0. The Bertz CT molecular complexity index is 870. The van der Waals surface area contributed by atoms with Crippen molar-refractivity contribution in [2.75, 3.05) is 0 Å². The van der Waals surface area contributed by atoms with Gasteiger partial charge in [-0.3, -0.25) is 0 Å². The third-order valence-corrected chi connectivity index (χ3v) is 3.40. The summed E-state index contributed by atoms with van der Waals surface area (Å²) in [5.74, 6) is -4.10. The summed E-state index contributed by atoms with van der Waals surface area (Å²) in [7, 11) is 0. The maximum Gasteiger partial charge on any atom is 0.194 e. The normalized spacial score (nSPS) is 9.03. The fourth-order valence-electron chi connectivity index (χ4n) is 1.68. The van der Waals surface area contributed by atoms with E-state index in [1.54, 1.807) is 24.7 Å². The molecule has 1 aromatic heterocycles. The van der Waals surface area contributed by atoms with Gasteiger partial charge in [0.1, 0.15) is 5.82 Å². The number of hydrogen-bond acceptors (Lipinski definition) is 1. The van der Waals surface area contributed by atoms with Crippen molar-refractivity contribution < 1.29 is 22.0 Å². The van der Waals surface area contributed by atoms with Crippen LogP contribution in [0.5, 0.6) is 0 Å². The lowest BCUT2D eigenvalue weighted by Crippen LogP contribution is -1.86. The third kappa shape index (κ3) is 10.8. The Kier molecular flexibility index (Phi) is 11.6. The van der Waals surface area contributed by atoms with E-state index in [1.807, 2.05) is 30.3 Å². The van der Waals surface area contributed by atoms with E-state index in [0.717, 1.165) is 18.2 Å². The predicted molar refractivity (Wildman–Crippen MR) is 108 cm³/mol. The Balaban J connectivity index is 0.000000197. The first kappa shape index (κ1) is 24.0. The first-order chi connectivity index (χ1) is 13.9. The van der Waals surface area contributed by atoms with E-state index in [-0.39, 0.29) is 10.8 Å². The Morgan fingerprint density at radius 1 is 0.586 bits per heavy atom. The standard InChI is InChI=1S/C7H8.C6H4ClF.C6H3F3.C4H4O/c1-7-5-3-2-4-6-7;7-5-3-1-2-4-6(5)8;7-4-2-1-3-5(8)6(4)9;1-2-4-5-3-1/h2-6H,1H3;1-4H;1-3H;1-4H. The zero-order valence-corrected chi connectivity index (χ0v) is 16.3. The lowest BCUT2D eigenvalue weighted by molar-refractivity contribution is 0.447. The summed E-state index contributed by atoms with van der Waals surface area (Å²) < 4.78 is 52.7. The van der Waals surface area contributed by atoms with E-state index in [0.29, 0.717) is 0 Å². The van der Waals surface area contributed by atoms with E-state index in [4.69, 9.17) is 11.6 Å². The fraction of sp³-hybridized carbons (Fsp3) is 0.0435. The molecule has 0 aliphatic carbocycles. The quantitative estimate of drug-likeness (QED) is 0.207. The Morgan fingerprint density at radius 3 is 1.38 bits per heavy atom. The first-order valence-corrected chi connectivity index (χ1v) is 8.78. The van der Waals surface area contributed by atoms with Gasteiger partial charge in [0.2, 0.25) is 0 Å². The largest absolute Gasteiger partial charge is 0.473 e. The van der Waals surface area contributed by atoms with Gasteiger partial charge < -0.3 is 4.42 Å². The summed E-state index contributed by atoms with van der Waals surface area (Å²) >= 11 is 5.33. The van der Waals surface area contributed by atoms with Gasteiger partial charge in [-0.05, 0) is 43.3 Å². The third-order valence-electron chi connectivity index (χ3n) is 3.09. The minimum absolute atomic E-state index is 0.174. The van der Waals surface area contributed by atoms with Gasteiger partial charge in [0.05, 0.1) is 17.5 Å². The topological polar surface area (TPSA) is 13.1 Å². The average molecular weight is 423 g/mol. The van der Waals surface area contributed by atoms with E-state index in [2.05, 4.69) is 23.5 Å². The summed E-state index contributed by atoms with van der Waals surface area (Å²) in [5.41, 5.74) is 1.32. The molecule has 0 saturated carbocycles. The number of aryl methyl sites for hydroxylation is 1. The number of benzene rings is 3. The van der Waals surface area contributed by atoms with Crippen molar-refractivity contribution in [3.05, 3.63) is 131 Å². The van der Waals surface area contributed by atoms with Crippen LogP contribution in [0, 0.1) is 30.2 Å². The molecule has 0 saturated heterocycles. The van der Waals surface area contributed by atoms with Crippen LogP contribution in [0.2, 0.25) is 5.02 Å². The fourth-order valence-corrected chi connectivity index (χ4v) is 1.81. The molecule has 4 aromatic rings. The van der Waals surface area contributed by atoms with Crippen molar-refractivity contribution in [1.82, 2.24) is 0 Å². The van der Waals surface area contributed by atoms with Gasteiger partial charge in [0.25, 0.3) is 0 Å². The van der Waals surface area contributed by atoms with Crippen molar-refractivity contribution in [2.45, 2.75) is 6.92 Å². The lowest BCUT2D eigenvalue weighted by Gasteiger charge is -1.90. The smallest absolute Gasteiger partial charge is 0.194 e. The number of halogens is 5. The molecule has 152 valence electrons. The SMILES string of the molecule is Cc1ccccc1.Fc1cccc(F)c1F.Fc1ccccc1Cl.c1ccoc1. The van der Waals surface area contributed by atoms with Gasteiger partial charge in [-0.2, -0.15) is 0 Å². The van der Waals surface area contributed by atoms with Gasteiger partial charge in [-0.25, -0.2) is 17.6 Å². The number of rotatable bonds is 0. The molecule has 0 fully saturated rings. The van der Waals surface area contributed by atoms with Crippen LogP contribution < -0.4 is 0 Å². The Morgan fingerprint density at radius 2 is 1.07 bits per heavy atom. The number of furan rings is 1. The highest BCUT2D eigenvalue weighted by atomic mass is 35.5. The van der Waals surface area contributed by atoms with Crippen molar-refractivity contribution in [3.8, 4) is 0 Å². The molecule has 0 atom stereocenters. The maximum absolute atomic E-state index is 12.2. The molecule has 0 amide bonds. The van der Waals surface area contributed by atoms with Crippen LogP contribution in [-0.4, -0.2) is 0 Å². The van der Waals surface area contributed by atoms with Crippen LogP contribution in [0.15, 0.2) is 102 Å². The second-order valence-electron chi connectivity index (χ2n) is 5.40. The van der Waals surface area contributed by atoms with Gasteiger partial charge in [0, 0.05) is 0 Å². The summed E-state index contributed by atoms with van der Waals surface area (Å²) in [4.78, 5) is 0. The molecule has 0 spiro atoms. The average Bonchev–Trinajstić information content (AvgIpc) is 3.30. The summed E-state index contributed by atoms with van der Waals surface area (Å²) in [6.45, 7) is 2.08. The van der Waals surface area contributed by atoms with Crippen LogP contribution in [0.3, 0.4) is 0 Å². The zero-order chi connectivity index (χ0) is 21.5. The summed E-state index contributed by atoms with van der Waals surface area (Å²) in [6.07, 6.45) is 3.25. The van der Waals surface area contributed by atoms with Gasteiger partial charge >= 0.3 is 0 Å². The second kappa shape index (κ2) is 14.0. The lowest BCUT2D eigenvalue weighted by atomic mass is 10.2. The van der Waals surface area contributed by atoms with Crippen LogP contribution in [0.1, 0.15) is 5.56 Å². The minimum Gasteiger partial charge on any atom is -0.473 e. The van der Waals surface area contributed by atoms with E-state index in [9.17, 15) is 17.6 Å². The molecule has 3 aromatic carbocycles. The van der Waals surface area contributed by atoms with Crippen molar-refractivity contribution >= 4 is 11.6 Å². The van der Waals surface area contributed by atoms with Crippen LogP contribution in [-0.2, 0) is 0 Å². The van der Waals surface area contributed by atoms with Gasteiger partial charge in [-0.15, -0.1) is 0 Å². The molecule has 0 radical (unpaired) electrons. The zero-order valence-electron chi connectivity index (χ0n) is 15.5. The molecule has 0 bridgehead atoms. The van der Waals surface area contributed by atoms with E-state index in [1.165, 1.54) is 17.7 Å². The molecule has 6 heteroatoms. The Labute approximate surface area is 172 Å². The minimum atomic E-state index is -1.42. The summed E-state index contributed by atoms with van der Waals surface area (Å²) in [5, 5.41) is 0.174. The van der Waals surface area contributed by atoms with Crippen LogP contribution in [0.4, 0.5) is 17.6 Å². The van der Waals surface area contributed by atoms with Crippen LogP contribution >= 0.6 is 11.6 Å². The predicted octanol–water partition coefficient (Wildman–Crippen LogP) is 7.86. The molecule has 29 heavy (non-hydrogen) atoms. The van der Waals surface area contributed by atoms with Crippen LogP contribution in [0.25, 0.3) is 0 Å². The molecule has 0 unspecified atom stereocenters. The van der Waals surface area contributed by atoms with Gasteiger partial charge in [-0.1, -0.05) is 65.7 Å². The van der Waals surface area contributed by atoms with E-state index >= 15 is 0 Å². The van der Waals surface area contributed by atoms with Crippen molar-refractivity contribution in [2.24, 2.45) is 0 Å². The molecular formula is C23H19ClF4O. The van der Waals surface area contributed by atoms with Gasteiger partial charge in [0.15, 0.2) is 17.5 Å². The highest BCUT2D eigenvalue weighted by molar-refractivity contribution is 6.30. The first-order valence-electron chi connectivity index (χ1n) is 8.40. The summed E-state index contributed by atoms with van der Waals surface area (Å²) in [6, 6.07) is 22.9.